The Hall–Kier alpha value is -2.79. The number of fused-ring (bicyclic) bond motifs is 2. The maximum Gasteiger partial charge on any atom is 0.199 e. The molecule has 1 aliphatic carbocycles. The molecule has 5 nitrogen and oxygen atoms in total. The molecular weight excluding hydrogens is 452 g/mol. The molecule has 1 heterocycles. The number of phenolic OH excluding ortho intramolecular Hbond substituents is 2. The highest BCUT2D eigenvalue weighted by Crippen LogP contribution is 2.51. The number of ketones is 1. The molecule has 2 N–H and O–H groups in total. The van der Waals surface area contributed by atoms with Gasteiger partial charge in [-0.25, -0.2) is 0 Å². The lowest BCUT2D eigenvalue weighted by molar-refractivity contribution is -0.0543. The molecular formula is C31H42O5. The minimum atomic E-state index is -0.501. The van der Waals surface area contributed by atoms with Gasteiger partial charge in [-0.05, 0) is 80.6 Å². The van der Waals surface area contributed by atoms with Crippen LogP contribution in [-0.4, -0.2) is 34.8 Å². The average molecular weight is 495 g/mol. The number of methoxy groups -OCH3 is 1. The largest absolute Gasteiger partial charge is 0.507 e. The normalized spacial score (nSPS) is 19.3. The summed E-state index contributed by atoms with van der Waals surface area (Å²) in [6, 6.07) is 0. The van der Waals surface area contributed by atoms with Crippen molar-refractivity contribution in [1.29, 1.82) is 0 Å². The van der Waals surface area contributed by atoms with Crippen LogP contribution in [0, 0.1) is 5.92 Å². The molecule has 0 saturated carbocycles. The number of rotatable bonds is 9. The Morgan fingerprint density at radius 2 is 1.67 bits per heavy atom. The molecule has 196 valence electrons. The van der Waals surface area contributed by atoms with Gasteiger partial charge in [0.1, 0.15) is 28.9 Å². The summed E-state index contributed by atoms with van der Waals surface area (Å²) in [5.74, 6) is -0.173. The van der Waals surface area contributed by atoms with E-state index in [1.807, 2.05) is 45.9 Å². The molecule has 36 heavy (non-hydrogen) atoms. The Balaban J connectivity index is 2.08. The Labute approximate surface area is 216 Å². The van der Waals surface area contributed by atoms with Crippen molar-refractivity contribution in [2.24, 2.45) is 5.92 Å². The van der Waals surface area contributed by atoms with E-state index in [0.717, 1.165) is 18.4 Å². The molecule has 1 aromatic rings. The average Bonchev–Trinajstić information content (AvgIpc) is 3.23. The third-order valence-electron chi connectivity index (χ3n) is 7.47. The highest BCUT2D eigenvalue weighted by molar-refractivity contribution is 6.15. The van der Waals surface area contributed by atoms with Crippen molar-refractivity contribution in [3.8, 4) is 17.2 Å². The summed E-state index contributed by atoms with van der Waals surface area (Å²) >= 11 is 0. The summed E-state index contributed by atoms with van der Waals surface area (Å²) in [7, 11) is 1.66. The molecule has 0 radical (unpaired) electrons. The van der Waals surface area contributed by atoms with E-state index in [-0.39, 0.29) is 28.8 Å². The van der Waals surface area contributed by atoms with Crippen LogP contribution in [0.2, 0.25) is 0 Å². The predicted molar refractivity (Wildman–Crippen MR) is 145 cm³/mol. The van der Waals surface area contributed by atoms with E-state index >= 15 is 0 Å². The van der Waals surface area contributed by atoms with Crippen LogP contribution in [0.4, 0.5) is 0 Å². The first-order valence-electron chi connectivity index (χ1n) is 12.9. The van der Waals surface area contributed by atoms with Gasteiger partial charge in [0.2, 0.25) is 0 Å². The highest BCUT2D eigenvalue weighted by atomic mass is 16.5. The Bertz CT molecular complexity index is 1140. The highest BCUT2D eigenvalue weighted by Gasteiger charge is 2.48. The lowest BCUT2D eigenvalue weighted by Gasteiger charge is -2.38. The van der Waals surface area contributed by atoms with Crippen LogP contribution in [-0.2, 0) is 17.6 Å². The zero-order chi connectivity index (χ0) is 26.8. The second-order valence-corrected chi connectivity index (χ2v) is 11.1. The quantitative estimate of drug-likeness (QED) is 0.356. The SMILES string of the molecule is COC(C)(C)C1CC=C2C(=O)c3c(O)c(C/C=C(\C)CCC=C(C)C)c(O)c(CC=C(C)C)c3OC21. The zero-order valence-corrected chi connectivity index (χ0v) is 23.1. The van der Waals surface area contributed by atoms with Crippen LogP contribution in [0.5, 0.6) is 17.2 Å². The standard InChI is InChI=1S/C31H42O5/c1-18(2)10-9-11-20(5)13-15-21-26(32)22(14-12-19(3)4)30-25(27(21)33)28(34)23-16-17-24(29(23)36-30)31(6,7)35-8/h10,12-13,16,24,29,32-33H,9,11,14-15,17H2,1-8H3/b20-13+. The summed E-state index contributed by atoms with van der Waals surface area (Å²) in [4.78, 5) is 13.7. The lowest BCUT2D eigenvalue weighted by Crippen LogP contribution is -2.44. The van der Waals surface area contributed by atoms with E-state index in [1.54, 1.807) is 7.11 Å². The van der Waals surface area contributed by atoms with E-state index in [9.17, 15) is 15.0 Å². The van der Waals surface area contributed by atoms with Gasteiger partial charge in [-0.15, -0.1) is 0 Å². The van der Waals surface area contributed by atoms with Gasteiger partial charge >= 0.3 is 0 Å². The molecule has 0 spiro atoms. The molecule has 2 aliphatic rings. The van der Waals surface area contributed by atoms with Gasteiger partial charge in [0.25, 0.3) is 0 Å². The van der Waals surface area contributed by atoms with Crippen LogP contribution in [0.25, 0.3) is 0 Å². The number of phenols is 2. The first-order valence-corrected chi connectivity index (χ1v) is 12.9. The van der Waals surface area contributed by atoms with E-state index < -0.39 is 11.7 Å². The fourth-order valence-corrected chi connectivity index (χ4v) is 4.96. The van der Waals surface area contributed by atoms with Crippen LogP contribution < -0.4 is 4.74 Å². The number of benzene rings is 1. The van der Waals surface area contributed by atoms with Gasteiger partial charge in [-0.3, -0.25) is 4.79 Å². The van der Waals surface area contributed by atoms with Crippen molar-refractivity contribution in [3.05, 3.63) is 63.3 Å². The van der Waals surface area contributed by atoms with Gasteiger partial charge < -0.3 is 19.7 Å². The van der Waals surface area contributed by atoms with Crippen LogP contribution in [0.3, 0.4) is 0 Å². The third kappa shape index (κ3) is 5.62. The molecule has 0 amide bonds. The molecule has 0 saturated heterocycles. The van der Waals surface area contributed by atoms with Crippen molar-refractivity contribution in [1.82, 2.24) is 0 Å². The Morgan fingerprint density at radius 3 is 2.28 bits per heavy atom. The molecule has 1 aliphatic heterocycles. The van der Waals surface area contributed by atoms with Crippen molar-refractivity contribution < 1.29 is 24.5 Å². The van der Waals surface area contributed by atoms with Crippen molar-refractivity contribution >= 4 is 5.78 Å². The number of hydrogen-bond acceptors (Lipinski definition) is 5. The van der Waals surface area contributed by atoms with E-state index in [1.165, 1.54) is 11.1 Å². The van der Waals surface area contributed by atoms with Gasteiger partial charge in [-0.1, -0.05) is 41.0 Å². The van der Waals surface area contributed by atoms with Crippen molar-refractivity contribution in [2.45, 2.75) is 92.3 Å². The van der Waals surface area contributed by atoms with Crippen molar-refractivity contribution in [3.63, 3.8) is 0 Å². The molecule has 0 fully saturated rings. The Kier molecular flexibility index (Phi) is 8.55. The van der Waals surface area contributed by atoms with Crippen LogP contribution in [0.1, 0.15) is 89.2 Å². The minimum absolute atomic E-state index is 0.00197. The third-order valence-corrected chi connectivity index (χ3v) is 7.47. The fraction of sp³-hybridized carbons (Fsp3) is 0.516. The molecule has 0 aromatic heterocycles. The Morgan fingerprint density at radius 1 is 1.03 bits per heavy atom. The molecule has 2 unspecified atom stereocenters. The summed E-state index contributed by atoms with van der Waals surface area (Å²) in [6.45, 7) is 14.2. The summed E-state index contributed by atoms with van der Waals surface area (Å²) in [5, 5.41) is 22.6. The minimum Gasteiger partial charge on any atom is -0.507 e. The van der Waals surface area contributed by atoms with Gasteiger partial charge in [0, 0.05) is 29.7 Å². The summed E-state index contributed by atoms with van der Waals surface area (Å²) in [5.41, 5.74) is 4.68. The number of ether oxygens (including phenoxy) is 2. The topological polar surface area (TPSA) is 76.0 Å². The number of aromatic hydroxyl groups is 2. The second-order valence-electron chi connectivity index (χ2n) is 11.1. The monoisotopic (exact) mass is 494 g/mol. The van der Waals surface area contributed by atoms with Crippen LogP contribution >= 0.6 is 0 Å². The van der Waals surface area contributed by atoms with Crippen molar-refractivity contribution in [2.75, 3.05) is 7.11 Å². The molecule has 3 rings (SSSR count). The number of carbonyl (C=O) groups excluding carboxylic acids is 1. The first-order chi connectivity index (χ1) is 16.9. The number of allylic oxidation sites excluding steroid dienone is 7. The van der Waals surface area contributed by atoms with E-state index in [4.69, 9.17) is 9.47 Å². The van der Waals surface area contributed by atoms with Gasteiger partial charge in [0.05, 0.1) is 5.60 Å². The number of Topliss-reactive ketones (excluding diaryl/α,β-unsaturated/α-hetero) is 1. The fourth-order valence-electron chi connectivity index (χ4n) is 4.96. The van der Waals surface area contributed by atoms with Gasteiger partial charge in [-0.2, -0.15) is 0 Å². The zero-order valence-electron chi connectivity index (χ0n) is 23.1. The molecule has 5 heteroatoms. The van der Waals surface area contributed by atoms with Crippen LogP contribution in [0.15, 0.2) is 46.6 Å². The molecule has 2 atom stereocenters. The lowest BCUT2D eigenvalue weighted by atomic mass is 9.82. The summed E-state index contributed by atoms with van der Waals surface area (Å²) in [6.07, 6.45) is 10.9. The number of hydrogen-bond donors (Lipinski definition) is 2. The first kappa shape index (κ1) is 27.8. The maximum absolute atomic E-state index is 13.7. The van der Waals surface area contributed by atoms with E-state index in [0.29, 0.717) is 41.7 Å². The smallest absolute Gasteiger partial charge is 0.199 e. The van der Waals surface area contributed by atoms with Gasteiger partial charge in [0.15, 0.2) is 5.78 Å². The maximum atomic E-state index is 13.7. The second kappa shape index (κ2) is 11.1. The number of carbonyl (C=O) groups is 1. The summed E-state index contributed by atoms with van der Waals surface area (Å²) < 4.78 is 12.2. The van der Waals surface area contributed by atoms with E-state index in [2.05, 4.69) is 26.8 Å². The molecule has 1 aromatic carbocycles. The predicted octanol–water partition coefficient (Wildman–Crippen LogP) is 7.16. The molecule has 0 bridgehead atoms.